The second-order valence-electron chi connectivity index (χ2n) is 3.24. The lowest BCUT2D eigenvalue weighted by atomic mass is 10.3. The van der Waals surface area contributed by atoms with Crippen molar-refractivity contribution in [3.63, 3.8) is 0 Å². The van der Waals surface area contributed by atoms with Crippen LogP contribution >= 0.6 is 0 Å². The molecule has 17 heavy (non-hydrogen) atoms. The standard InChI is InChI=1S/C12H9N5/c13-17-16-12-8-6-11(7-9-12)15-14-10-4-2-1-3-5-10/h1-9H. The van der Waals surface area contributed by atoms with Gasteiger partial charge in [0, 0.05) is 10.6 Å². The van der Waals surface area contributed by atoms with Crippen LogP contribution in [-0.4, -0.2) is 0 Å². The van der Waals surface area contributed by atoms with Crippen LogP contribution in [0.5, 0.6) is 0 Å². The number of rotatable bonds is 3. The van der Waals surface area contributed by atoms with E-state index in [9.17, 15) is 0 Å². The molecule has 0 aromatic heterocycles. The van der Waals surface area contributed by atoms with Crippen molar-refractivity contribution in [3.8, 4) is 0 Å². The van der Waals surface area contributed by atoms with Crippen molar-refractivity contribution in [3.05, 3.63) is 65.0 Å². The molecule has 0 radical (unpaired) electrons. The Balaban J connectivity index is 2.14. The number of hydrogen-bond acceptors (Lipinski definition) is 3. The quantitative estimate of drug-likeness (QED) is 0.397. The van der Waals surface area contributed by atoms with Crippen LogP contribution in [0.2, 0.25) is 0 Å². The van der Waals surface area contributed by atoms with E-state index in [-0.39, 0.29) is 0 Å². The van der Waals surface area contributed by atoms with Crippen LogP contribution in [0.15, 0.2) is 69.9 Å². The molecule has 0 aliphatic rings. The van der Waals surface area contributed by atoms with Crippen molar-refractivity contribution in [1.29, 1.82) is 0 Å². The number of azo groups is 1. The minimum Gasteiger partial charge on any atom is -0.151 e. The highest BCUT2D eigenvalue weighted by atomic mass is 15.1. The van der Waals surface area contributed by atoms with Crippen molar-refractivity contribution < 1.29 is 0 Å². The first kappa shape index (κ1) is 10.9. The molecule has 0 aliphatic heterocycles. The monoisotopic (exact) mass is 223 g/mol. The molecule has 0 N–H and O–H groups in total. The zero-order valence-electron chi connectivity index (χ0n) is 8.93. The van der Waals surface area contributed by atoms with Crippen LogP contribution in [0.3, 0.4) is 0 Å². The molecule has 0 unspecified atom stereocenters. The van der Waals surface area contributed by atoms with Crippen LogP contribution in [0.4, 0.5) is 17.1 Å². The predicted octanol–water partition coefficient (Wildman–Crippen LogP) is 5.04. The first-order chi connectivity index (χ1) is 8.38. The average molecular weight is 223 g/mol. The van der Waals surface area contributed by atoms with Gasteiger partial charge in [0.05, 0.1) is 11.4 Å². The molecule has 0 amide bonds. The van der Waals surface area contributed by atoms with Gasteiger partial charge in [0.1, 0.15) is 0 Å². The Hall–Kier alpha value is -2.65. The Bertz CT molecular complexity index is 553. The molecule has 0 aliphatic carbocycles. The summed E-state index contributed by atoms with van der Waals surface area (Å²) in [6.07, 6.45) is 0. The highest BCUT2D eigenvalue weighted by Crippen LogP contribution is 2.21. The summed E-state index contributed by atoms with van der Waals surface area (Å²) in [5, 5.41) is 11.6. The Morgan fingerprint density at radius 1 is 0.706 bits per heavy atom. The van der Waals surface area contributed by atoms with Crippen LogP contribution < -0.4 is 0 Å². The van der Waals surface area contributed by atoms with Crippen molar-refractivity contribution >= 4 is 17.1 Å². The van der Waals surface area contributed by atoms with Gasteiger partial charge in [-0.2, -0.15) is 10.2 Å². The SMILES string of the molecule is [N-]=[N+]=Nc1ccc(N=Nc2ccccc2)cc1. The molecule has 5 nitrogen and oxygen atoms in total. The van der Waals surface area contributed by atoms with Crippen LogP contribution in [-0.2, 0) is 0 Å². The maximum Gasteiger partial charge on any atom is 0.0857 e. The van der Waals surface area contributed by atoms with Gasteiger partial charge in [0.15, 0.2) is 0 Å². The van der Waals surface area contributed by atoms with Crippen LogP contribution in [0.25, 0.3) is 10.4 Å². The zero-order chi connectivity index (χ0) is 11.9. The van der Waals surface area contributed by atoms with Gasteiger partial charge in [-0.15, -0.1) is 0 Å². The summed E-state index contributed by atoms with van der Waals surface area (Å²) >= 11 is 0. The van der Waals surface area contributed by atoms with E-state index in [2.05, 4.69) is 20.3 Å². The zero-order valence-corrected chi connectivity index (χ0v) is 8.93. The fourth-order valence-corrected chi connectivity index (χ4v) is 1.25. The number of benzene rings is 2. The molecule has 0 fully saturated rings. The average Bonchev–Trinajstić information content (AvgIpc) is 2.40. The molecular formula is C12H9N5. The fourth-order valence-electron chi connectivity index (χ4n) is 1.25. The van der Waals surface area contributed by atoms with E-state index in [1.807, 2.05) is 30.3 Å². The minimum absolute atomic E-state index is 0.561. The van der Waals surface area contributed by atoms with E-state index in [1.54, 1.807) is 24.3 Å². The van der Waals surface area contributed by atoms with Gasteiger partial charge in [-0.1, -0.05) is 35.4 Å². The summed E-state index contributed by atoms with van der Waals surface area (Å²) < 4.78 is 0. The van der Waals surface area contributed by atoms with E-state index in [0.29, 0.717) is 11.4 Å². The largest absolute Gasteiger partial charge is 0.151 e. The van der Waals surface area contributed by atoms with Gasteiger partial charge in [-0.25, -0.2) is 0 Å². The summed E-state index contributed by atoms with van der Waals surface area (Å²) in [6, 6.07) is 16.4. The summed E-state index contributed by atoms with van der Waals surface area (Å²) in [5.74, 6) is 0. The van der Waals surface area contributed by atoms with Gasteiger partial charge in [-0.3, -0.25) is 0 Å². The molecule has 82 valence electrons. The molecule has 0 atom stereocenters. The number of azide groups is 1. The maximum absolute atomic E-state index is 8.26. The molecule has 5 heteroatoms. The predicted molar refractivity (Wildman–Crippen MR) is 65.9 cm³/mol. The third-order valence-electron chi connectivity index (χ3n) is 2.05. The molecular weight excluding hydrogens is 214 g/mol. The summed E-state index contributed by atoms with van der Waals surface area (Å²) in [7, 11) is 0. The smallest absolute Gasteiger partial charge is 0.0857 e. The van der Waals surface area contributed by atoms with E-state index in [1.165, 1.54) is 0 Å². The molecule has 2 rings (SSSR count). The number of nitrogens with zero attached hydrogens (tertiary/aromatic N) is 5. The molecule has 0 heterocycles. The first-order valence-electron chi connectivity index (χ1n) is 5.00. The summed E-state index contributed by atoms with van der Waals surface area (Å²) in [6.45, 7) is 0. The highest BCUT2D eigenvalue weighted by molar-refractivity contribution is 5.47. The van der Waals surface area contributed by atoms with E-state index < -0.39 is 0 Å². The first-order valence-corrected chi connectivity index (χ1v) is 5.00. The third-order valence-corrected chi connectivity index (χ3v) is 2.05. The van der Waals surface area contributed by atoms with E-state index in [4.69, 9.17) is 5.53 Å². The minimum atomic E-state index is 0.561. The normalized spacial score (nSPS) is 10.1. The van der Waals surface area contributed by atoms with Gasteiger partial charge in [0.25, 0.3) is 0 Å². The number of hydrogen-bond donors (Lipinski definition) is 0. The second kappa shape index (κ2) is 5.44. The third kappa shape index (κ3) is 3.15. The lowest BCUT2D eigenvalue weighted by Crippen LogP contribution is -1.64. The van der Waals surface area contributed by atoms with Crippen molar-refractivity contribution in [2.45, 2.75) is 0 Å². The van der Waals surface area contributed by atoms with Crippen molar-refractivity contribution in [2.24, 2.45) is 15.3 Å². The molecule has 0 saturated heterocycles. The molecule has 2 aromatic rings. The molecule has 2 aromatic carbocycles. The Morgan fingerprint density at radius 3 is 1.82 bits per heavy atom. The Kier molecular flexibility index (Phi) is 3.47. The van der Waals surface area contributed by atoms with Crippen LogP contribution in [0, 0.1) is 0 Å². The molecule has 0 spiro atoms. The fraction of sp³-hybridized carbons (Fsp3) is 0. The highest BCUT2D eigenvalue weighted by Gasteiger charge is 1.91. The van der Waals surface area contributed by atoms with Gasteiger partial charge < -0.3 is 0 Å². The molecule has 0 bridgehead atoms. The topological polar surface area (TPSA) is 73.5 Å². The lowest BCUT2D eigenvalue weighted by Gasteiger charge is -1.93. The lowest BCUT2D eigenvalue weighted by molar-refractivity contribution is 1.23. The maximum atomic E-state index is 8.26. The van der Waals surface area contributed by atoms with Crippen molar-refractivity contribution in [2.75, 3.05) is 0 Å². The second-order valence-corrected chi connectivity index (χ2v) is 3.24. The van der Waals surface area contributed by atoms with Gasteiger partial charge >= 0.3 is 0 Å². The Labute approximate surface area is 98.1 Å². The van der Waals surface area contributed by atoms with E-state index >= 15 is 0 Å². The van der Waals surface area contributed by atoms with Gasteiger partial charge in [0.2, 0.25) is 0 Å². The summed E-state index contributed by atoms with van der Waals surface area (Å²) in [4.78, 5) is 2.70. The van der Waals surface area contributed by atoms with Crippen LogP contribution in [0.1, 0.15) is 0 Å². The Morgan fingerprint density at radius 2 is 1.24 bits per heavy atom. The van der Waals surface area contributed by atoms with E-state index in [0.717, 1.165) is 5.69 Å². The summed E-state index contributed by atoms with van der Waals surface area (Å²) in [5.41, 5.74) is 10.3. The van der Waals surface area contributed by atoms with Crippen molar-refractivity contribution in [1.82, 2.24) is 0 Å². The molecule has 0 saturated carbocycles. The van der Waals surface area contributed by atoms with Gasteiger partial charge in [-0.05, 0) is 29.8 Å².